The number of para-hydroxylation sites is 1. The molecule has 3 rings (SSSR count). The van der Waals surface area contributed by atoms with Crippen LogP contribution in [0.1, 0.15) is 23.6 Å². The molecule has 11 heteroatoms. The number of nitrogens with one attached hydrogen (secondary N) is 4. The molecule has 0 saturated heterocycles. The maximum absolute atomic E-state index is 11.9. The van der Waals surface area contributed by atoms with Crippen LogP contribution in [-0.4, -0.2) is 32.0 Å². The first kappa shape index (κ1) is 24.7. The maximum atomic E-state index is 11.9. The zero-order chi connectivity index (χ0) is 24.0. The predicted molar refractivity (Wildman–Crippen MR) is 132 cm³/mol. The second-order valence-corrected chi connectivity index (χ2v) is 9.25. The topological polar surface area (TPSA) is 117 Å². The van der Waals surface area contributed by atoms with Gasteiger partial charge in [0, 0.05) is 24.5 Å². The molecule has 0 saturated carbocycles. The van der Waals surface area contributed by atoms with Gasteiger partial charge in [0.05, 0.1) is 13.3 Å². The fourth-order valence-corrected chi connectivity index (χ4v) is 4.29. The first-order valence-corrected chi connectivity index (χ1v) is 12.1. The van der Waals surface area contributed by atoms with Crippen molar-refractivity contribution in [3.05, 3.63) is 64.3 Å². The van der Waals surface area contributed by atoms with Crippen LogP contribution in [0.15, 0.2) is 42.6 Å². The van der Waals surface area contributed by atoms with Gasteiger partial charge in [0.1, 0.15) is 10.8 Å². The first-order chi connectivity index (χ1) is 15.7. The molecule has 176 valence electrons. The van der Waals surface area contributed by atoms with Crippen LogP contribution in [-0.2, 0) is 16.8 Å². The van der Waals surface area contributed by atoms with Gasteiger partial charge < -0.3 is 15.4 Å². The third-order valence-electron chi connectivity index (χ3n) is 4.72. The lowest BCUT2D eigenvalue weighted by Crippen LogP contribution is -2.35. The maximum Gasteiger partial charge on any atom is 0.277 e. The lowest BCUT2D eigenvalue weighted by atomic mass is 10.1. The standard InChI is InChI=1S/C22H27ClN6O3S/c1-5-25-33(30,31)26-12-16-8-6-7-9-19(16)28-21-18(23)13-24-22(29-21)27-17-10-14(2)20(32-4)15(3)11-17/h6-11,13,25-26H,5,12H2,1-4H3,(H2,24,27,28,29). The fourth-order valence-electron chi connectivity index (χ4n) is 3.33. The Labute approximate surface area is 199 Å². The van der Waals surface area contributed by atoms with Gasteiger partial charge in [-0.2, -0.15) is 18.1 Å². The van der Waals surface area contributed by atoms with Crippen molar-refractivity contribution >= 4 is 45.0 Å². The Balaban J connectivity index is 1.81. The van der Waals surface area contributed by atoms with Crippen LogP contribution in [0.5, 0.6) is 5.75 Å². The number of hydrogen-bond acceptors (Lipinski definition) is 7. The molecular formula is C22H27ClN6O3S. The smallest absolute Gasteiger partial charge is 0.277 e. The molecule has 0 bridgehead atoms. The van der Waals surface area contributed by atoms with E-state index in [-0.39, 0.29) is 6.54 Å². The summed E-state index contributed by atoms with van der Waals surface area (Å²) in [6.07, 6.45) is 1.50. The van der Waals surface area contributed by atoms with Gasteiger partial charge in [0.15, 0.2) is 5.82 Å². The summed E-state index contributed by atoms with van der Waals surface area (Å²) in [4.78, 5) is 8.76. The largest absolute Gasteiger partial charge is 0.496 e. The molecule has 4 N–H and O–H groups in total. The number of halogens is 1. The Morgan fingerprint density at radius 2 is 1.76 bits per heavy atom. The van der Waals surface area contributed by atoms with Gasteiger partial charge in [0.2, 0.25) is 5.95 Å². The lowest BCUT2D eigenvalue weighted by molar-refractivity contribution is 0.408. The number of rotatable bonds is 10. The molecule has 1 heterocycles. The minimum atomic E-state index is -3.58. The Hall–Kier alpha value is -2.92. The average molecular weight is 491 g/mol. The van der Waals surface area contributed by atoms with Crippen LogP contribution < -0.4 is 24.8 Å². The van der Waals surface area contributed by atoms with Gasteiger partial charge in [-0.05, 0) is 48.7 Å². The van der Waals surface area contributed by atoms with E-state index in [0.717, 1.165) is 28.1 Å². The van der Waals surface area contributed by atoms with E-state index in [1.807, 2.05) is 50.2 Å². The van der Waals surface area contributed by atoms with Crippen LogP contribution in [0.25, 0.3) is 0 Å². The number of aryl methyl sites for hydroxylation is 2. The Morgan fingerprint density at radius 3 is 2.42 bits per heavy atom. The van der Waals surface area contributed by atoms with Gasteiger partial charge in [-0.1, -0.05) is 36.7 Å². The normalized spacial score (nSPS) is 11.3. The molecule has 2 aromatic carbocycles. The summed E-state index contributed by atoms with van der Waals surface area (Å²) in [5.41, 5.74) is 4.18. The highest BCUT2D eigenvalue weighted by Gasteiger charge is 2.13. The highest BCUT2D eigenvalue weighted by molar-refractivity contribution is 7.87. The Kier molecular flexibility index (Phi) is 8.09. The highest BCUT2D eigenvalue weighted by Crippen LogP contribution is 2.30. The van der Waals surface area contributed by atoms with Crippen molar-refractivity contribution in [3.63, 3.8) is 0 Å². The zero-order valence-corrected chi connectivity index (χ0v) is 20.4. The second kappa shape index (κ2) is 10.8. The van der Waals surface area contributed by atoms with E-state index in [1.165, 1.54) is 6.20 Å². The molecule has 0 radical (unpaired) electrons. The van der Waals surface area contributed by atoms with E-state index in [1.54, 1.807) is 14.0 Å². The molecule has 9 nitrogen and oxygen atoms in total. The number of benzene rings is 2. The summed E-state index contributed by atoms with van der Waals surface area (Å²) in [5, 5.41) is 6.69. The van der Waals surface area contributed by atoms with Crippen molar-refractivity contribution in [1.29, 1.82) is 0 Å². The quantitative estimate of drug-likeness (QED) is 0.336. The molecule has 33 heavy (non-hydrogen) atoms. The molecular weight excluding hydrogens is 464 g/mol. The molecule has 3 aromatic rings. The Bertz CT molecular complexity index is 1210. The van der Waals surface area contributed by atoms with Crippen LogP contribution in [0.3, 0.4) is 0 Å². The molecule has 0 aliphatic rings. The monoisotopic (exact) mass is 490 g/mol. The van der Waals surface area contributed by atoms with Gasteiger partial charge >= 0.3 is 0 Å². The van der Waals surface area contributed by atoms with Crippen LogP contribution in [0.4, 0.5) is 23.1 Å². The van der Waals surface area contributed by atoms with E-state index in [2.05, 4.69) is 30.0 Å². The number of hydrogen-bond donors (Lipinski definition) is 4. The third kappa shape index (κ3) is 6.55. The summed E-state index contributed by atoms with van der Waals surface area (Å²) in [5.74, 6) is 1.58. The molecule has 0 fully saturated rings. The minimum absolute atomic E-state index is 0.0940. The predicted octanol–water partition coefficient (Wildman–Crippen LogP) is 4.19. The summed E-state index contributed by atoms with van der Waals surface area (Å²) in [6, 6.07) is 11.2. The van der Waals surface area contributed by atoms with Crippen molar-refractivity contribution in [3.8, 4) is 5.75 Å². The van der Waals surface area contributed by atoms with Crippen LogP contribution in [0.2, 0.25) is 5.02 Å². The summed E-state index contributed by atoms with van der Waals surface area (Å²) >= 11 is 6.33. The van der Waals surface area contributed by atoms with Crippen molar-refractivity contribution in [2.24, 2.45) is 0 Å². The molecule has 0 aliphatic carbocycles. The number of anilines is 4. The molecule has 1 aromatic heterocycles. The van der Waals surface area contributed by atoms with Gasteiger partial charge in [-0.15, -0.1) is 0 Å². The molecule has 0 atom stereocenters. The molecule has 0 unspecified atom stereocenters. The minimum Gasteiger partial charge on any atom is -0.496 e. The summed E-state index contributed by atoms with van der Waals surface area (Å²) in [7, 11) is -1.93. The van der Waals surface area contributed by atoms with Crippen LogP contribution in [0, 0.1) is 13.8 Å². The summed E-state index contributed by atoms with van der Waals surface area (Å²) in [6.45, 7) is 6.04. The van der Waals surface area contributed by atoms with Crippen molar-refractivity contribution in [2.45, 2.75) is 27.3 Å². The van der Waals surface area contributed by atoms with Gasteiger partial charge in [0.25, 0.3) is 10.2 Å². The number of methoxy groups -OCH3 is 1. The average Bonchev–Trinajstić information content (AvgIpc) is 2.75. The lowest BCUT2D eigenvalue weighted by Gasteiger charge is -2.15. The van der Waals surface area contributed by atoms with E-state index >= 15 is 0 Å². The second-order valence-electron chi connectivity index (χ2n) is 7.26. The highest BCUT2D eigenvalue weighted by atomic mass is 35.5. The number of nitrogens with zero attached hydrogens (tertiary/aromatic N) is 2. The number of ether oxygens (including phenoxy) is 1. The van der Waals surface area contributed by atoms with E-state index in [4.69, 9.17) is 16.3 Å². The fraction of sp³-hybridized carbons (Fsp3) is 0.273. The zero-order valence-electron chi connectivity index (χ0n) is 18.9. The van der Waals surface area contributed by atoms with E-state index in [0.29, 0.717) is 29.0 Å². The Morgan fingerprint density at radius 1 is 1.06 bits per heavy atom. The van der Waals surface area contributed by atoms with Gasteiger partial charge in [-0.3, -0.25) is 0 Å². The summed E-state index contributed by atoms with van der Waals surface area (Å²) < 4.78 is 34.2. The van der Waals surface area contributed by atoms with Crippen molar-refractivity contribution < 1.29 is 13.2 Å². The van der Waals surface area contributed by atoms with Gasteiger partial charge in [-0.25, -0.2) is 9.71 Å². The van der Waals surface area contributed by atoms with E-state index in [9.17, 15) is 8.42 Å². The van der Waals surface area contributed by atoms with Crippen LogP contribution >= 0.6 is 11.6 Å². The first-order valence-electron chi connectivity index (χ1n) is 10.3. The van der Waals surface area contributed by atoms with Crippen molar-refractivity contribution in [2.75, 3.05) is 24.3 Å². The molecule has 0 aliphatic heterocycles. The van der Waals surface area contributed by atoms with E-state index < -0.39 is 10.2 Å². The number of aromatic nitrogens is 2. The molecule has 0 spiro atoms. The SMILES string of the molecule is CCNS(=O)(=O)NCc1ccccc1Nc1nc(Nc2cc(C)c(OC)c(C)c2)ncc1Cl. The molecule has 0 amide bonds. The van der Waals surface area contributed by atoms with Crippen molar-refractivity contribution in [1.82, 2.24) is 19.4 Å². The third-order valence-corrected chi connectivity index (χ3v) is 6.19.